The van der Waals surface area contributed by atoms with Crippen LogP contribution in [0.15, 0.2) is 31.8 Å². The number of rotatable bonds is 7. The molecule has 0 saturated carbocycles. The zero-order valence-electron chi connectivity index (χ0n) is 14.0. The number of hydrogen-bond acceptors (Lipinski definition) is 7. The van der Waals surface area contributed by atoms with E-state index in [1.54, 1.807) is 11.8 Å². The standard InChI is InChI=1S/C17H18ClN3O2S2/c1-3-5-19-16-20-21-17(25-16)24-9-11-7-15(22)23-14-6-10(4-2)13(18)8-12(11)14/h6-8H,3-5,9H2,1-2H3,(H,19,20). The van der Waals surface area contributed by atoms with Crippen LogP contribution in [0.4, 0.5) is 5.13 Å². The Bertz CT molecular complexity index is 939. The monoisotopic (exact) mass is 395 g/mol. The van der Waals surface area contributed by atoms with Crippen molar-refractivity contribution in [1.82, 2.24) is 10.2 Å². The van der Waals surface area contributed by atoms with Gasteiger partial charge >= 0.3 is 5.63 Å². The van der Waals surface area contributed by atoms with Crippen molar-refractivity contribution in [2.24, 2.45) is 0 Å². The Morgan fingerprint density at radius 1 is 1.24 bits per heavy atom. The number of thioether (sulfide) groups is 1. The van der Waals surface area contributed by atoms with E-state index in [2.05, 4.69) is 22.4 Å². The minimum absolute atomic E-state index is 0.352. The molecule has 0 aliphatic rings. The molecule has 0 saturated heterocycles. The maximum absolute atomic E-state index is 11.9. The van der Waals surface area contributed by atoms with Crippen LogP contribution in [0.2, 0.25) is 5.02 Å². The Kier molecular flexibility index (Phi) is 5.98. The number of anilines is 1. The highest BCUT2D eigenvalue weighted by Gasteiger charge is 2.11. The highest BCUT2D eigenvalue weighted by molar-refractivity contribution is 8.00. The van der Waals surface area contributed by atoms with E-state index < -0.39 is 0 Å². The molecule has 1 N–H and O–H groups in total. The van der Waals surface area contributed by atoms with Crippen LogP contribution in [0.3, 0.4) is 0 Å². The summed E-state index contributed by atoms with van der Waals surface area (Å²) in [7, 11) is 0. The predicted octanol–water partition coefficient (Wildman–Crippen LogP) is 4.97. The second-order valence-corrected chi connectivity index (χ2v) is 8.08. The normalized spacial score (nSPS) is 11.2. The minimum atomic E-state index is -0.352. The minimum Gasteiger partial charge on any atom is -0.423 e. The summed E-state index contributed by atoms with van der Waals surface area (Å²) < 4.78 is 6.20. The lowest BCUT2D eigenvalue weighted by molar-refractivity contribution is 0.559. The number of aryl methyl sites for hydroxylation is 1. The second-order valence-electron chi connectivity index (χ2n) is 5.47. The molecule has 0 amide bonds. The number of nitrogens with zero attached hydrogens (tertiary/aromatic N) is 2. The van der Waals surface area contributed by atoms with Crippen LogP contribution in [0.25, 0.3) is 11.0 Å². The van der Waals surface area contributed by atoms with Gasteiger partial charge in [0.2, 0.25) is 5.13 Å². The van der Waals surface area contributed by atoms with Gasteiger partial charge in [-0.1, -0.05) is 48.5 Å². The molecular weight excluding hydrogens is 378 g/mol. The van der Waals surface area contributed by atoms with Crippen molar-refractivity contribution in [2.75, 3.05) is 11.9 Å². The van der Waals surface area contributed by atoms with E-state index in [0.29, 0.717) is 16.4 Å². The van der Waals surface area contributed by atoms with Crippen LogP contribution in [-0.4, -0.2) is 16.7 Å². The SMILES string of the molecule is CCCNc1nnc(SCc2cc(=O)oc3cc(CC)c(Cl)cc23)s1. The van der Waals surface area contributed by atoms with Crippen molar-refractivity contribution in [1.29, 1.82) is 0 Å². The Morgan fingerprint density at radius 2 is 2.08 bits per heavy atom. The molecule has 0 bridgehead atoms. The summed E-state index contributed by atoms with van der Waals surface area (Å²) >= 11 is 9.39. The van der Waals surface area contributed by atoms with Crippen molar-refractivity contribution in [3.8, 4) is 0 Å². The third kappa shape index (κ3) is 4.34. The first-order valence-electron chi connectivity index (χ1n) is 8.06. The molecule has 25 heavy (non-hydrogen) atoms. The zero-order valence-corrected chi connectivity index (χ0v) is 16.4. The van der Waals surface area contributed by atoms with Crippen molar-refractivity contribution in [2.45, 2.75) is 36.8 Å². The van der Waals surface area contributed by atoms with Gasteiger partial charge in [0.05, 0.1) is 0 Å². The molecule has 5 nitrogen and oxygen atoms in total. The van der Waals surface area contributed by atoms with E-state index >= 15 is 0 Å². The molecule has 0 radical (unpaired) electrons. The predicted molar refractivity (Wildman–Crippen MR) is 105 cm³/mol. The smallest absolute Gasteiger partial charge is 0.336 e. The van der Waals surface area contributed by atoms with E-state index in [0.717, 1.165) is 45.4 Å². The van der Waals surface area contributed by atoms with Crippen LogP contribution < -0.4 is 10.9 Å². The maximum atomic E-state index is 11.9. The fraction of sp³-hybridized carbons (Fsp3) is 0.353. The van der Waals surface area contributed by atoms with Crippen LogP contribution in [-0.2, 0) is 12.2 Å². The van der Waals surface area contributed by atoms with E-state index in [-0.39, 0.29) is 5.63 Å². The first kappa shape index (κ1) is 18.2. The molecular formula is C17H18ClN3O2S2. The average Bonchev–Trinajstić information content (AvgIpc) is 3.05. The number of benzene rings is 1. The topological polar surface area (TPSA) is 68.0 Å². The molecule has 2 heterocycles. The molecule has 1 aromatic carbocycles. The van der Waals surface area contributed by atoms with Gasteiger partial charge in [-0.15, -0.1) is 10.2 Å². The van der Waals surface area contributed by atoms with Crippen molar-refractivity contribution in [3.05, 3.63) is 44.8 Å². The van der Waals surface area contributed by atoms with Gasteiger partial charge in [0.25, 0.3) is 0 Å². The van der Waals surface area contributed by atoms with Gasteiger partial charge in [-0.05, 0) is 36.1 Å². The molecule has 8 heteroatoms. The summed E-state index contributed by atoms with van der Waals surface area (Å²) in [6, 6.07) is 5.25. The quantitative estimate of drug-likeness (QED) is 0.449. The number of aromatic nitrogens is 2. The third-order valence-corrected chi connectivity index (χ3v) is 6.08. The zero-order chi connectivity index (χ0) is 17.8. The molecule has 0 unspecified atom stereocenters. The average molecular weight is 396 g/mol. The number of nitrogens with one attached hydrogen (secondary N) is 1. The molecule has 3 rings (SSSR count). The summed E-state index contributed by atoms with van der Waals surface area (Å²) in [6.07, 6.45) is 1.82. The van der Waals surface area contributed by atoms with Crippen LogP contribution in [0.1, 0.15) is 31.4 Å². The van der Waals surface area contributed by atoms with Gasteiger partial charge < -0.3 is 9.73 Å². The lowest BCUT2D eigenvalue weighted by Crippen LogP contribution is -2.00. The van der Waals surface area contributed by atoms with E-state index in [4.69, 9.17) is 16.0 Å². The fourth-order valence-electron chi connectivity index (χ4n) is 2.39. The van der Waals surface area contributed by atoms with Gasteiger partial charge in [0, 0.05) is 28.8 Å². The van der Waals surface area contributed by atoms with Crippen molar-refractivity contribution >= 4 is 50.8 Å². The second kappa shape index (κ2) is 8.21. The van der Waals surface area contributed by atoms with Gasteiger partial charge in [0.1, 0.15) is 5.58 Å². The van der Waals surface area contributed by atoms with Gasteiger partial charge in [-0.25, -0.2) is 4.79 Å². The maximum Gasteiger partial charge on any atom is 0.336 e. The van der Waals surface area contributed by atoms with Crippen LogP contribution >= 0.6 is 34.7 Å². The Morgan fingerprint density at radius 3 is 2.84 bits per heavy atom. The largest absolute Gasteiger partial charge is 0.423 e. The van der Waals surface area contributed by atoms with Crippen LogP contribution in [0.5, 0.6) is 0 Å². The Labute approximate surface area is 158 Å². The number of fused-ring (bicyclic) bond motifs is 1. The molecule has 0 aliphatic heterocycles. The van der Waals surface area contributed by atoms with E-state index in [9.17, 15) is 4.79 Å². The summed E-state index contributed by atoms with van der Waals surface area (Å²) in [5.74, 6) is 0.603. The molecule has 3 aromatic rings. The fourth-order valence-corrected chi connectivity index (χ4v) is 4.46. The molecule has 0 aliphatic carbocycles. The lowest BCUT2D eigenvalue weighted by atomic mass is 10.1. The molecule has 132 valence electrons. The van der Waals surface area contributed by atoms with Gasteiger partial charge in [-0.2, -0.15) is 0 Å². The van der Waals surface area contributed by atoms with Crippen molar-refractivity contribution in [3.63, 3.8) is 0 Å². The molecule has 2 aromatic heterocycles. The third-order valence-electron chi connectivity index (χ3n) is 3.66. The van der Waals surface area contributed by atoms with Crippen molar-refractivity contribution < 1.29 is 4.42 Å². The molecule has 0 spiro atoms. The first-order chi connectivity index (χ1) is 12.1. The Hall–Kier alpha value is -1.57. The molecule has 0 atom stereocenters. The van der Waals surface area contributed by atoms with Gasteiger partial charge in [0.15, 0.2) is 4.34 Å². The highest BCUT2D eigenvalue weighted by atomic mass is 35.5. The summed E-state index contributed by atoms with van der Waals surface area (Å²) in [6.45, 7) is 5.00. The lowest BCUT2D eigenvalue weighted by Gasteiger charge is -2.07. The first-order valence-corrected chi connectivity index (χ1v) is 10.2. The van der Waals surface area contributed by atoms with Gasteiger partial charge in [-0.3, -0.25) is 0 Å². The summed E-state index contributed by atoms with van der Waals surface area (Å²) in [4.78, 5) is 11.9. The van der Waals surface area contributed by atoms with E-state index in [1.165, 1.54) is 17.4 Å². The van der Waals surface area contributed by atoms with Crippen LogP contribution in [0, 0.1) is 0 Å². The molecule has 0 fully saturated rings. The number of hydrogen-bond donors (Lipinski definition) is 1. The Balaban J connectivity index is 1.84. The highest BCUT2D eigenvalue weighted by Crippen LogP contribution is 2.32. The summed E-state index contributed by atoms with van der Waals surface area (Å²) in [5.41, 5.74) is 2.08. The van der Waals surface area contributed by atoms with E-state index in [1.807, 2.05) is 19.1 Å². The summed E-state index contributed by atoms with van der Waals surface area (Å²) in [5, 5.41) is 13.9. The number of halogens is 1.